The van der Waals surface area contributed by atoms with Gasteiger partial charge in [0.1, 0.15) is 0 Å². The van der Waals surface area contributed by atoms with E-state index in [0.717, 1.165) is 32.2 Å². The highest BCUT2D eigenvalue weighted by Crippen LogP contribution is 2.45. The number of hydrogen-bond donors (Lipinski definition) is 1. The van der Waals surface area contributed by atoms with E-state index < -0.39 is 0 Å². The van der Waals surface area contributed by atoms with Crippen molar-refractivity contribution in [3.8, 4) is 0 Å². The lowest BCUT2D eigenvalue weighted by Gasteiger charge is -2.33. The molecule has 1 atom stereocenters. The monoisotopic (exact) mass is 383 g/mol. The van der Waals surface area contributed by atoms with Crippen molar-refractivity contribution in [2.75, 3.05) is 26.2 Å². The molecule has 2 aliphatic heterocycles. The maximum Gasteiger partial charge on any atom is 0.225 e. The number of hydrogen-bond acceptors (Lipinski definition) is 3. The van der Waals surface area contributed by atoms with Crippen molar-refractivity contribution < 1.29 is 14.4 Å². The second kappa shape index (κ2) is 7.94. The van der Waals surface area contributed by atoms with Gasteiger partial charge in [-0.25, -0.2) is 0 Å². The molecule has 2 saturated heterocycles. The SMILES string of the molecule is O=C(NC1(c2ccccc2)CC1)[C@H]1CCC(=O)N(CCCN2CCCC2=O)C1. The van der Waals surface area contributed by atoms with Gasteiger partial charge in [-0.3, -0.25) is 14.4 Å². The fourth-order valence-electron chi connectivity index (χ4n) is 4.44. The highest BCUT2D eigenvalue weighted by molar-refractivity contribution is 5.84. The molecule has 0 unspecified atom stereocenters. The molecule has 3 fully saturated rings. The van der Waals surface area contributed by atoms with Crippen LogP contribution in [0, 0.1) is 5.92 Å². The summed E-state index contributed by atoms with van der Waals surface area (Å²) in [7, 11) is 0. The number of likely N-dealkylation sites (tertiary alicyclic amines) is 2. The van der Waals surface area contributed by atoms with E-state index in [1.54, 1.807) is 0 Å². The van der Waals surface area contributed by atoms with Crippen LogP contribution >= 0.6 is 0 Å². The third-order valence-electron chi connectivity index (χ3n) is 6.34. The van der Waals surface area contributed by atoms with Gasteiger partial charge >= 0.3 is 0 Å². The molecule has 150 valence electrons. The first kappa shape index (κ1) is 19.0. The molecule has 28 heavy (non-hydrogen) atoms. The highest BCUT2D eigenvalue weighted by Gasteiger charge is 2.46. The first-order valence-electron chi connectivity index (χ1n) is 10.5. The van der Waals surface area contributed by atoms with Crippen LogP contribution in [-0.4, -0.2) is 53.7 Å². The fraction of sp³-hybridized carbons (Fsp3) is 0.591. The third kappa shape index (κ3) is 4.05. The number of carbonyl (C=O) groups is 3. The Kier molecular flexibility index (Phi) is 5.38. The van der Waals surface area contributed by atoms with Crippen molar-refractivity contribution in [3.05, 3.63) is 35.9 Å². The standard InChI is InChI=1S/C22H29N3O3/c26-19-8-4-13-24(19)14-5-15-25-16-17(9-10-20(25)27)21(28)23-22(11-12-22)18-6-2-1-3-7-18/h1-3,6-7,17H,4-5,8-16H2,(H,23,28)/t17-/m0/s1. The van der Waals surface area contributed by atoms with Crippen molar-refractivity contribution in [2.24, 2.45) is 5.92 Å². The van der Waals surface area contributed by atoms with Gasteiger partial charge in [0.25, 0.3) is 0 Å². The molecule has 1 saturated carbocycles. The number of nitrogens with zero attached hydrogens (tertiary/aromatic N) is 2. The van der Waals surface area contributed by atoms with Gasteiger partial charge in [-0.1, -0.05) is 30.3 Å². The number of nitrogens with one attached hydrogen (secondary N) is 1. The number of benzene rings is 1. The van der Waals surface area contributed by atoms with Gasteiger partial charge in [0.05, 0.1) is 11.5 Å². The van der Waals surface area contributed by atoms with Crippen LogP contribution in [0.2, 0.25) is 0 Å². The Balaban J connectivity index is 1.29. The summed E-state index contributed by atoms with van der Waals surface area (Å²) >= 11 is 0. The molecule has 1 aromatic rings. The first-order chi connectivity index (χ1) is 13.6. The lowest BCUT2D eigenvalue weighted by molar-refractivity contribution is -0.138. The van der Waals surface area contributed by atoms with Gasteiger partial charge in [-0.15, -0.1) is 0 Å². The summed E-state index contributed by atoms with van der Waals surface area (Å²) in [6.45, 7) is 2.65. The van der Waals surface area contributed by atoms with Crippen LogP contribution in [0.25, 0.3) is 0 Å². The van der Waals surface area contributed by atoms with Crippen molar-refractivity contribution >= 4 is 17.7 Å². The normalized spacial score (nSPS) is 23.8. The molecule has 0 aromatic heterocycles. The molecular weight excluding hydrogens is 354 g/mol. The Hall–Kier alpha value is -2.37. The van der Waals surface area contributed by atoms with E-state index in [4.69, 9.17) is 0 Å². The van der Waals surface area contributed by atoms with Gasteiger partial charge in [-0.2, -0.15) is 0 Å². The van der Waals surface area contributed by atoms with Crippen LogP contribution in [0.15, 0.2) is 30.3 Å². The molecule has 0 radical (unpaired) electrons. The average Bonchev–Trinajstić information content (AvgIpc) is 3.38. The number of carbonyl (C=O) groups excluding carboxylic acids is 3. The molecule has 3 aliphatic rings. The van der Waals surface area contributed by atoms with Crippen LogP contribution in [0.5, 0.6) is 0 Å². The van der Waals surface area contributed by atoms with Crippen LogP contribution in [0.3, 0.4) is 0 Å². The molecule has 1 N–H and O–H groups in total. The zero-order valence-electron chi connectivity index (χ0n) is 16.4. The van der Waals surface area contributed by atoms with Gasteiger partial charge in [-0.05, 0) is 37.7 Å². The minimum Gasteiger partial charge on any atom is -0.346 e. The molecule has 1 aliphatic carbocycles. The molecule has 6 heteroatoms. The fourth-order valence-corrected chi connectivity index (χ4v) is 4.44. The highest BCUT2D eigenvalue weighted by atomic mass is 16.2. The maximum atomic E-state index is 12.9. The van der Waals surface area contributed by atoms with Crippen molar-refractivity contribution in [3.63, 3.8) is 0 Å². The second-order valence-electron chi connectivity index (χ2n) is 8.35. The van der Waals surface area contributed by atoms with E-state index in [0.29, 0.717) is 38.9 Å². The maximum absolute atomic E-state index is 12.9. The molecule has 0 bridgehead atoms. The lowest BCUT2D eigenvalue weighted by atomic mass is 9.95. The Bertz CT molecular complexity index is 745. The average molecular weight is 383 g/mol. The smallest absolute Gasteiger partial charge is 0.225 e. The predicted molar refractivity (Wildman–Crippen MR) is 105 cm³/mol. The van der Waals surface area contributed by atoms with Crippen LogP contribution in [-0.2, 0) is 19.9 Å². The van der Waals surface area contributed by atoms with Crippen molar-refractivity contribution in [2.45, 2.75) is 50.5 Å². The van der Waals surface area contributed by atoms with Gasteiger partial charge in [0.2, 0.25) is 17.7 Å². The van der Waals surface area contributed by atoms with E-state index in [1.165, 1.54) is 5.56 Å². The molecule has 4 rings (SSSR count). The predicted octanol–water partition coefficient (Wildman–Crippen LogP) is 2.04. The van der Waals surface area contributed by atoms with E-state index in [2.05, 4.69) is 17.4 Å². The molecular formula is C22H29N3O3. The van der Waals surface area contributed by atoms with Crippen molar-refractivity contribution in [1.29, 1.82) is 0 Å². The summed E-state index contributed by atoms with van der Waals surface area (Å²) in [4.78, 5) is 40.6. The van der Waals surface area contributed by atoms with E-state index in [1.807, 2.05) is 28.0 Å². The molecule has 1 aromatic carbocycles. The Morgan fingerprint density at radius 2 is 1.75 bits per heavy atom. The third-order valence-corrected chi connectivity index (χ3v) is 6.34. The molecule has 0 spiro atoms. The summed E-state index contributed by atoms with van der Waals surface area (Å²) in [5, 5.41) is 3.27. The largest absolute Gasteiger partial charge is 0.346 e. The minimum absolute atomic E-state index is 0.0635. The quantitative estimate of drug-likeness (QED) is 0.783. The Morgan fingerprint density at radius 3 is 2.43 bits per heavy atom. The second-order valence-corrected chi connectivity index (χ2v) is 8.35. The zero-order valence-corrected chi connectivity index (χ0v) is 16.4. The number of rotatable bonds is 7. The summed E-state index contributed by atoms with van der Waals surface area (Å²) in [6, 6.07) is 10.1. The first-order valence-corrected chi connectivity index (χ1v) is 10.5. The lowest BCUT2D eigenvalue weighted by Crippen LogP contribution is -2.48. The Morgan fingerprint density at radius 1 is 1.04 bits per heavy atom. The summed E-state index contributed by atoms with van der Waals surface area (Å²) in [5.41, 5.74) is 0.961. The van der Waals surface area contributed by atoms with Gasteiger partial charge < -0.3 is 15.1 Å². The van der Waals surface area contributed by atoms with Crippen LogP contribution in [0.4, 0.5) is 0 Å². The topological polar surface area (TPSA) is 69.7 Å². The zero-order chi connectivity index (χ0) is 19.6. The van der Waals surface area contributed by atoms with Crippen LogP contribution in [0.1, 0.15) is 50.5 Å². The molecule has 2 heterocycles. The minimum atomic E-state index is -0.208. The van der Waals surface area contributed by atoms with Gasteiger partial charge in [0.15, 0.2) is 0 Å². The van der Waals surface area contributed by atoms with E-state index >= 15 is 0 Å². The van der Waals surface area contributed by atoms with Crippen molar-refractivity contribution in [1.82, 2.24) is 15.1 Å². The van der Waals surface area contributed by atoms with Gasteiger partial charge in [0, 0.05) is 39.0 Å². The van der Waals surface area contributed by atoms with E-state index in [-0.39, 0.29) is 29.2 Å². The number of piperidine rings is 1. The molecule has 6 nitrogen and oxygen atoms in total. The summed E-state index contributed by atoms with van der Waals surface area (Å²) in [5.74, 6) is 0.264. The van der Waals surface area contributed by atoms with E-state index in [9.17, 15) is 14.4 Å². The van der Waals surface area contributed by atoms with Crippen LogP contribution < -0.4 is 5.32 Å². The Labute approximate surface area is 166 Å². The number of amides is 3. The summed E-state index contributed by atoms with van der Waals surface area (Å²) in [6.07, 6.45) is 5.36. The summed E-state index contributed by atoms with van der Waals surface area (Å²) < 4.78 is 0. The molecule has 3 amide bonds.